The molecule has 3 aromatic rings. The first kappa shape index (κ1) is 17.7. The minimum atomic E-state index is 0.234. The van der Waals surface area contributed by atoms with Gasteiger partial charge in [0, 0.05) is 35.8 Å². The fourth-order valence-electron chi connectivity index (χ4n) is 2.45. The Bertz CT molecular complexity index is 835. The summed E-state index contributed by atoms with van der Waals surface area (Å²) in [6, 6.07) is 13.8. The fourth-order valence-corrected chi connectivity index (χ4v) is 2.45. The lowest BCUT2D eigenvalue weighted by molar-refractivity contribution is 0.340. The topological polar surface area (TPSA) is 72.0 Å². The molecule has 1 aromatic carbocycles. The van der Waals surface area contributed by atoms with E-state index >= 15 is 0 Å². The van der Waals surface area contributed by atoms with E-state index in [4.69, 9.17) is 4.74 Å². The highest BCUT2D eigenvalue weighted by Gasteiger charge is 2.08. The number of hydrogen-bond acceptors (Lipinski definition) is 6. The predicted molar refractivity (Wildman–Crippen MR) is 105 cm³/mol. The maximum absolute atomic E-state index is 5.48. The number of benzene rings is 1. The third-order valence-electron chi connectivity index (χ3n) is 3.54. The average Bonchev–Trinajstić information content (AvgIpc) is 2.63. The maximum Gasteiger partial charge on any atom is 0.225 e. The zero-order valence-electron chi connectivity index (χ0n) is 15.2. The van der Waals surface area contributed by atoms with Gasteiger partial charge in [-0.05, 0) is 57.2 Å². The molecule has 0 aliphatic heterocycles. The second-order valence-electron chi connectivity index (χ2n) is 6.09. The van der Waals surface area contributed by atoms with Gasteiger partial charge in [0.1, 0.15) is 11.6 Å². The maximum atomic E-state index is 5.48. The van der Waals surface area contributed by atoms with Gasteiger partial charge >= 0.3 is 0 Å². The summed E-state index contributed by atoms with van der Waals surface area (Å²) in [5.74, 6) is 2.14. The first-order valence-electron chi connectivity index (χ1n) is 8.70. The van der Waals surface area contributed by atoms with E-state index in [-0.39, 0.29) is 6.04 Å². The second kappa shape index (κ2) is 8.29. The van der Waals surface area contributed by atoms with Crippen LogP contribution in [0.2, 0.25) is 0 Å². The van der Waals surface area contributed by atoms with Crippen LogP contribution in [-0.4, -0.2) is 27.6 Å². The van der Waals surface area contributed by atoms with Crippen LogP contribution in [-0.2, 0) is 0 Å². The summed E-state index contributed by atoms with van der Waals surface area (Å²) < 4.78 is 5.48. The highest BCUT2D eigenvalue weighted by molar-refractivity contribution is 5.67. The molecule has 3 rings (SSSR count). The molecule has 0 spiro atoms. The first-order chi connectivity index (χ1) is 12.6. The Hall–Kier alpha value is -3.15. The van der Waals surface area contributed by atoms with Crippen LogP contribution in [0.4, 0.5) is 17.5 Å². The molecule has 134 valence electrons. The minimum absolute atomic E-state index is 0.234. The summed E-state index contributed by atoms with van der Waals surface area (Å²) in [6.07, 6.45) is 3.54. The molecule has 0 aliphatic rings. The number of pyridine rings is 1. The van der Waals surface area contributed by atoms with Gasteiger partial charge in [-0.1, -0.05) is 0 Å². The van der Waals surface area contributed by atoms with Crippen LogP contribution in [0.1, 0.15) is 20.8 Å². The molecule has 2 N–H and O–H groups in total. The highest BCUT2D eigenvalue weighted by Crippen LogP contribution is 2.24. The molecule has 0 amide bonds. The molecule has 0 radical (unpaired) electrons. The summed E-state index contributed by atoms with van der Waals surface area (Å²) in [6.45, 7) is 6.73. The van der Waals surface area contributed by atoms with Crippen molar-refractivity contribution in [1.82, 2.24) is 15.0 Å². The fraction of sp³-hybridized carbons (Fsp3) is 0.250. The monoisotopic (exact) mass is 349 g/mol. The number of rotatable bonds is 7. The third-order valence-corrected chi connectivity index (χ3v) is 3.54. The summed E-state index contributed by atoms with van der Waals surface area (Å²) in [7, 11) is 0. The molecule has 26 heavy (non-hydrogen) atoms. The minimum Gasteiger partial charge on any atom is -0.494 e. The van der Waals surface area contributed by atoms with Gasteiger partial charge in [-0.3, -0.25) is 4.98 Å². The summed E-state index contributed by atoms with van der Waals surface area (Å²) in [5.41, 5.74) is 2.68. The van der Waals surface area contributed by atoms with Gasteiger partial charge in [-0.2, -0.15) is 4.98 Å². The van der Waals surface area contributed by atoms with Gasteiger partial charge in [0.05, 0.1) is 12.3 Å². The van der Waals surface area contributed by atoms with Crippen molar-refractivity contribution in [3.8, 4) is 17.0 Å². The molecule has 0 atom stereocenters. The lowest BCUT2D eigenvalue weighted by Crippen LogP contribution is -2.13. The van der Waals surface area contributed by atoms with E-state index in [2.05, 4.69) is 39.4 Å². The van der Waals surface area contributed by atoms with Crippen molar-refractivity contribution < 1.29 is 4.74 Å². The number of ether oxygens (including phenoxy) is 1. The molecule has 0 aliphatic carbocycles. The van der Waals surface area contributed by atoms with Gasteiger partial charge in [-0.25, -0.2) is 4.98 Å². The van der Waals surface area contributed by atoms with Crippen molar-refractivity contribution in [2.45, 2.75) is 26.8 Å². The SMILES string of the molecule is CCOc1ccc(Nc2cc(-c3cccnc3)nc(NC(C)C)n2)cc1. The van der Waals surface area contributed by atoms with E-state index in [1.54, 1.807) is 12.4 Å². The van der Waals surface area contributed by atoms with Gasteiger partial charge in [0.15, 0.2) is 0 Å². The van der Waals surface area contributed by atoms with Crippen LogP contribution in [0.5, 0.6) is 5.75 Å². The largest absolute Gasteiger partial charge is 0.494 e. The molecule has 0 unspecified atom stereocenters. The van der Waals surface area contributed by atoms with Crippen LogP contribution >= 0.6 is 0 Å². The van der Waals surface area contributed by atoms with Crippen LogP contribution in [0.3, 0.4) is 0 Å². The molecule has 2 aromatic heterocycles. The number of anilines is 3. The van der Waals surface area contributed by atoms with Gasteiger partial charge in [0.25, 0.3) is 0 Å². The first-order valence-corrected chi connectivity index (χ1v) is 8.70. The van der Waals surface area contributed by atoms with E-state index in [1.165, 1.54) is 0 Å². The quantitative estimate of drug-likeness (QED) is 0.654. The van der Waals surface area contributed by atoms with E-state index in [9.17, 15) is 0 Å². The summed E-state index contributed by atoms with van der Waals surface area (Å²) in [4.78, 5) is 13.3. The lowest BCUT2D eigenvalue weighted by Gasteiger charge is -2.13. The third kappa shape index (κ3) is 4.69. The van der Waals surface area contributed by atoms with Crippen molar-refractivity contribution in [1.29, 1.82) is 0 Å². The zero-order chi connectivity index (χ0) is 18.4. The molecule has 0 saturated heterocycles. The van der Waals surface area contributed by atoms with E-state index < -0.39 is 0 Å². The number of aromatic nitrogens is 3. The predicted octanol–water partition coefficient (Wildman–Crippen LogP) is 4.50. The molecule has 6 heteroatoms. The molecule has 0 saturated carbocycles. The number of hydrogen-bond donors (Lipinski definition) is 2. The van der Waals surface area contributed by atoms with Crippen LogP contribution in [0, 0.1) is 0 Å². The standard InChI is InChI=1S/C20H23N5O/c1-4-26-17-9-7-16(8-10-17)23-19-12-18(15-6-5-11-21-13-15)24-20(25-19)22-14(2)3/h5-14H,4H2,1-3H3,(H2,22,23,24,25). The van der Waals surface area contributed by atoms with Crippen LogP contribution in [0.15, 0.2) is 54.9 Å². The van der Waals surface area contributed by atoms with Crippen molar-refractivity contribution in [3.05, 3.63) is 54.9 Å². The molecule has 0 fully saturated rings. The molecule has 0 bridgehead atoms. The Morgan fingerprint density at radius 3 is 2.54 bits per heavy atom. The van der Waals surface area contributed by atoms with Gasteiger partial charge in [0.2, 0.25) is 5.95 Å². The van der Waals surface area contributed by atoms with E-state index in [0.29, 0.717) is 18.4 Å². The average molecular weight is 349 g/mol. The summed E-state index contributed by atoms with van der Waals surface area (Å²) >= 11 is 0. The van der Waals surface area contributed by atoms with Crippen molar-refractivity contribution in [2.24, 2.45) is 0 Å². The Morgan fingerprint density at radius 2 is 1.88 bits per heavy atom. The number of nitrogens with one attached hydrogen (secondary N) is 2. The molecular weight excluding hydrogens is 326 g/mol. The lowest BCUT2D eigenvalue weighted by atomic mass is 10.2. The van der Waals surface area contributed by atoms with E-state index in [1.807, 2.05) is 49.4 Å². The Balaban J connectivity index is 1.89. The smallest absolute Gasteiger partial charge is 0.225 e. The zero-order valence-corrected chi connectivity index (χ0v) is 15.2. The van der Waals surface area contributed by atoms with E-state index in [0.717, 1.165) is 22.7 Å². The van der Waals surface area contributed by atoms with Crippen LogP contribution in [0.25, 0.3) is 11.3 Å². The van der Waals surface area contributed by atoms with Crippen molar-refractivity contribution >= 4 is 17.5 Å². The molecule has 2 heterocycles. The molecular formula is C20H23N5O. The van der Waals surface area contributed by atoms with Crippen molar-refractivity contribution in [2.75, 3.05) is 17.2 Å². The number of nitrogens with zero attached hydrogens (tertiary/aromatic N) is 3. The normalized spacial score (nSPS) is 10.6. The highest BCUT2D eigenvalue weighted by atomic mass is 16.5. The Morgan fingerprint density at radius 1 is 1.08 bits per heavy atom. The Kier molecular flexibility index (Phi) is 5.63. The second-order valence-corrected chi connectivity index (χ2v) is 6.09. The van der Waals surface area contributed by atoms with Crippen LogP contribution < -0.4 is 15.4 Å². The Labute approximate surface area is 153 Å². The molecule has 6 nitrogen and oxygen atoms in total. The van der Waals surface area contributed by atoms with Gasteiger partial charge in [-0.15, -0.1) is 0 Å². The van der Waals surface area contributed by atoms with Gasteiger partial charge < -0.3 is 15.4 Å². The van der Waals surface area contributed by atoms with Crippen molar-refractivity contribution in [3.63, 3.8) is 0 Å². The summed E-state index contributed by atoms with van der Waals surface area (Å²) in [5, 5.41) is 6.59.